The van der Waals surface area contributed by atoms with Gasteiger partial charge in [0.1, 0.15) is 5.82 Å². The summed E-state index contributed by atoms with van der Waals surface area (Å²) in [7, 11) is 0. The quantitative estimate of drug-likeness (QED) is 0.363. The summed E-state index contributed by atoms with van der Waals surface area (Å²) in [5.41, 5.74) is 2.56. The number of rotatable bonds is 8. The van der Waals surface area contributed by atoms with E-state index in [1.54, 1.807) is 12.1 Å². The van der Waals surface area contributed by atoms with Gasteiger partial charge in [-0.05, 0) is 106 Å². The van der Waals surface area contributed by atoms with E-state index in [1.165, 1.54) is 18.4 Å². The molecule has 0 bridgehead atoms. The summed E-state index contributed by atoms with van der Waals surface area (Å²) in [4.78, 5) is 17.3. The van der Waals surface area contributed by atoms with Crippen LogP contribution in [-0.2, 0) is 6.54 Å². The van der Waals surface area contributed by atoms with Gasteiger partial charge in [0.15, 0.2) is 5.78 Å². The fourth-order valence-corrected chi connectivity index (χ4v) is 5.03. The molecule has 0 atom stereocenters. The first-order valence-corrected chi connectivity index (χ1v) is 12.0. The molecule has 2 heterocycles. The molecule has 0 amide bonds. The molecule has 0 aliphatic carbocycles. The molecule has 182 valence electrons. The smallest absolute Gasteiger partial charge is 0.165 e. The fraction of sp³-hybridized carbons (Fsp3) is 0.500. The summed E-state index contributed by atoms with van der Waals surface area (Å²) >= 11 is 5.99. The van der Waals surface area contributed by atoms with Gasteiger partial charge in [-0.2, -0.15) is 0 Å². The largest absolute Gasteiger partial charge is 0.303 e. The van der Waals surface area contributed by atoms with Crippen LogP contribution in [0.3, 0.4) is 0 Å². The third-order valence-corrected chi connectivity index (χ3v) is 7.00. The van der Waals surface area contributed by atoms with Gasteiger partial charge < -0.3 is 4.90 Å². The molecule has 2 aromatic carbocycles. The zero-order chi connectivity index (χ0) is 21.6. The van der Waals surface area contributed by atoms with Crippen molar-refractivity contribution in [3.05, 3.63) is 70.0 Å². The predicted molar refractivity (Wildman–Crippen MR) is 139 cm³/mol. The van der Waals surface area contributed by atoms with Crippen molar-refractivity contribution >= 4 is 42.2 Å². The molecule has 33 heavy (non-hydrogen) atoms. The lowest BCUT2D eigenvalue weighted by Crippen LogP contribution is -2.33. The van der Waals surface area contributed by atoms with E-state index in [2.05, 4.69) is 21.9 Å². The second kappa shape index (κ2) is 13.7. The van der Waals surface area contributed by atoms with Gasteiger partial charge in [0.25, 0.3) is 0 Å². The lowest BCUT2D eigenvalue weighted by Gasteiger charge is -2.32. The van der Waals surface area contributed by atoms with Crippen LogP contribution < -0.4 is 0 Å². The number of piperidine rings is 1. The minimum atomic E-state index is -0.370. The van der Waals surface area contributed by atoms with Gasteiger partial charge in [-0.25, -0.2) is 4.39 Å². The van der Waals surface area contributed by atoms with Crippen LogP contribution in [0.5, 0.6) is 0 Å². The van der Waals surface area contributed by atoms with Crippen LogP contribution in [0.1, 0.15) is 65.9 Å². The molecule has 4 rings (SSSR count). The zero-order valence-electron chi connectivity index (χ0n) is 19.0. The predicted octanol–water partition coefficient (Wildman–Crippen LogP) is 6.76. The molecule has 3 nitrogen and oxygen atoms in total. The number of carbonyl (C=O) groups excluding carboxylic acids is 1. The van der Waals surface area contributed by atoms with Crippen molar-refractivity contribution in [2.75, 3.05) is 32.7 Å². The fourth-order valence-electron chi connectivity index (χ4n) is 4.90. The van der Waals surface area contributed by atoms with Crippen molar-refractivity contribution in [2.45, 2.75) is 51.0 Å². The standard InChI is InChI=1S/C26H32ClFN2O.2ClH/c27-23-8-6-21(7-9-23)22-11-16-29(17-12-22)15-3-4-26(31)24-10-5-20(18-25(24)28)19-30-13-1-2-14-30;;/h5-10,18,22H,1-4,11-17,19H2;2*1H. The van der Waals surface area contributed by atoms with Crippen molar-refractivity contribution in [1.29, 1.82) is 0 Å². The number of Topliss-reactive ketones (excluding diaryl/α,β-unsaturated/α-hetero) is 1. The summed E-state index contributed by atoms with van der Waals surface area (Å²) in [6, 6.07) is 13.3. The number of hydrogen-bond donors (Lipinski definition) is 0. The molecule has 0 saturated carbocycles. The van der Waals surface area contributed by atoms with Crippen LogP contribution in [0.15, 0.2) is 42.5 Å². The van der Waals surface area contributed by atoms with E-state index in [-0.39, 0.29) is 42.0 Å². The number of benzene rings is 2. The summed E-state index contributed by atoms with van der Waals surface area (Å²) in [5.74, 6) is 0.134. The maximum Gasteiger partial charge on any atom is 0.165 e. The first-order valence-electron chi connectivity index (χ1n) is 11.6. The Morgan fingerprint density at radius 3 is 2.24 bits per heavy atom. The van der Waals surface area contributed by atoms with Crippen LogP contribution in [0.4, 0.5) is 4.39 Å². The molecule has 2 aromatic rings. The first kappa shape index (κ1) is 28.1. The lowest BCUT2D eigenvalue weighted by molar-refractivity contribution is 0.0968. The van der Waals surface area contributed by atoms with Gasteiger partial charge in [0.2, 0.25) is 0 Å². The number of ketones is 1. The van der Waals surface area contributed by atoms with Gasteiger partial charge >= 0.3 is 0 Å². The van der Waals surface area contributed by atoms with Crippen molar-refractivity contribution in [3.8, 4) is 0 Å². The van der Waals surface area contributed by atoms with Crippen LogP contribution in [0, 0.1) is 5.82 Å². The maximum absolute atomic E-state index is 14.5. The van der Waals surface area contributed by atoms with Gasteiger partial charge in [-0.15, -0.1) is 24.8 Å². The molecule has 0 spiro atoms. The molecule has 2 aliphatic rings. The summed E-state index contributed by atoms with van der Waals surface area (Å²) in [5, 5.41) is 0.781. The molecular weight excluding hydrogens is 482 g/mol. The van der Waals surface area contributed by atoms with Gasteiger partial charge in [-0.1, -0.05) is 29.8 Å². The highest BCUT2D eigenvalue weighted by molar-refractivity contribution is 6.30. The molecule has 0 unspecified atom stereocenters. The molecule has 2 saturated heterocycles. The zero-order valence-corrected chi connectivity index (χ0v) is 21.4. The SMILES string of the molecule is Cl.Cl.O=C(CCCN1CCC(c2ccc(Cl)cc2)CC1)c1ccc(CN2CCCC2)cc1F. The van der Waals surface area contributed by atoms with Crippen LogP contribution in [0.25, 0.3) is 0 Å². The number of hydrogen-bond acceptors (Lipinski definition) is 3. The highest BCUT2D eigenvalue weighted by Gasteiger charge is 2.21. The molecule has 0 radical (unpaired) electrons. The third-order valence-electron chi connectivity index (χ3n) is 6.75. The topological polar surface area (TPSA) is 23.6 Å². The highest BCUT2D eigenvalue weighted by atomic mass is 35.5. The minimum absolute atomic E-state index is 0. The maximum atomic E-state index is 14.5. The Labute approximate surface area is 214 Å². The summed E-state index contributed by atoms with van der Waals surface area (Å²) in [6.45, 7) is 5.92. The number of halogens is 4. The average molecular weight is 516 g/mol. The first-order chi connectivity index (χ1) is 15.1. The van der Waals surface area contributed by atoms with Crippen LogP contribution in [0.2, 0.25) is 5.02 Å². The average Bonchev–Trinajstić information content (AvgIpc) is 3.28. The van der Waals surface area contributed by atoms with Gasteiger partial charge in [0.05, 0.1) is 5.56 Å². The van der Waals surface area contributed by atoms with E-state index in [0.717, 1.165) is 69.1 Å². The molecule has 0 aromatic heterocycles. The molecule has 0 N–H and O–H groups in total. The van der Waals surface area contributed by atoms with E-state index in [0.29, 0.717) is 12.3 Å². The molecule has 2 fully saturated rings. The Morgan fingerprint density at radius 1 is 0.939 bits per heavy atom. The van der Waals surface area contributed by atoms with Crippen LogP contribution in [-0.4, -0.2) is 48.3 Å². The van der Waals surface area contributed by atoms with E-state index in [4.69, 9.17) is 11.6 Å². The monoisotopic (exact) mass is 514 g/mol. The normalized spacial score (nSPS) is 17.4. The van der Waals surface area contributed by atoms with Gasteiger partial charge in [0, 0.05) is 18.0 Å². The van der Waals surface area contributed by atoms with Gasteiger partial charge in [-0.3, -0.25) is 9.69 Å². The van der Waals surface area contributed by atoms with Crippen LogP contribution >= 0.6 is 36.4 Å². The van der Waals surface area contributed by atoms with Crippen molar-refractivity contribution in [2.24, 2.45) is 0 Å². The Hall–Kier alpha value is -1.17. The Bertz CT molecular complexity index is 880. The molecular formula is C26H34Cl3FN2O. The van der Waals surface area contributed by atoms with Crippen molar-refractivity contribution in [1.82, 2.24) is 9.80 Å². The molecule has 7 heteroatoms. The van der Waals surface area contributed by atoms with E-state index >= 15 is 0 Å². The summed E-state index contributed by atoms with van der Waals surface area (Å²) in [6.07, 6.45) is 5.87. The minimum Gasteiger partial charge on any atom is -0.303 e. The number of nitrogens with zero attached hydrogens (tertiary/aromatic N) is 2. The lowest BCUT2D eigenvalue weighted by atomic mass is 9.89. The number of likely N-dealkylation sites (tertiary alicyclic amines) is 2. The van der Waals surface area contributed by atoms with E-state index in [9.17, 15) is 9.18 Å². The second-order valence-electron chi connectivity index (χ2n) is 8.99. The third kappa shape index (κ3) is 7.93. The van der Waals surface area contributed by atoms with E-state index in [1.807, 2.05) is 18.2 Å². The Kier molecular flexibility index (Phi) is 11.6. The van der Waals surface area contributed by atoms with E-state index < -0.39 is 0 Å². The molecule has 2 aliphatic heterocycles. The second-order valence-corrected chi connectivity index (χ2v) is 9.43. The van der Waals surface area contributed by atoms with Crippen molar-refractivity contribution in [3.63, 3.8) is 0 Å². The van der Waals surface area contributed by atoms with Crippen molar-refractivity contribution < 1.29 is 9.18 Å². The highest BCUT2D eigenvalue weighted by Crippen LogP contribution is 2.29. The Balaban J connectivity index is 0.00000193. The Morgan fingerprint density at radius 2 is 1.61 bits per heavy atom. The summed E-state index contributed by atoms with van der Waals surface area (Å²) < 4.78 is 14.5. The number of carbonyl (C=O) groups is 1.